The van der Waals surface area contributed by atoms with Crippen molar-refractivity contribution in [3.63, 3.8) is 0 Å². The summed E-state index contributed by atoms with van der Waals surface area (Å²) in [4.78, 5) is 32.1. The van der Waals surface area contributed by atoms with E-state index in [0.717, 1.165) is 33.5 Å². The fourth-order valence-electron chi connectivity index (χ4n) is 4.65. The molecule has 1 aliphatic rings. The van der Waals surface area contributed by atoms with Crippen LogP contribution in [0.4, 0.5) is 11.5 Å². The van der Waals surface area contributed by atoms with E-state index in [1.807, 2.05) is 62.6 Å². The van der Waals surface area contributed by atoms with Crippen LogP contribution in [0.1, 0.15) is 32.7 Å². The topological polar surface area (TPSA) is 132 Å². The number of nitrogens with zero attached hydrogens (tertiary/aromatic N) is 4. The molecule has 0 aliphatic carbocycles. The van der Waals surface area contributed by atoms with Crippen LogP contribution >= 0.6 is 0 Å². The van der Waals surface area contributed by atoms with Crippen LogP contribution in [-0.2, 0) is 7.05 Å². The monoisotopic (exact) mass is 495 g/mol. The van der Waals surface area contributed by atoms with Crippen molar-refractivity contribution in [2.75, 3.05) is 24.6 Å². The molecule has 1 fully saturated rings. The summed E-state index contributed by atoms with van der Waals surface area (Å²) in [5.41, 5.74) is 18.4. The quantitative estimate of drug-likeness (QED) is 0.364. The number of aromatic nitrogens is 3. The fourth-order valence-corrected chi connectivity index (χ4v) is 4.65. The maximum atomic E-state index is 13.1. The predicted molar refractivity (Wildman–Crippen MR) is 144 cm³/mol. The lowest BCUT2D eigenvalue weighted by molar-refractivity contribution is 0.0783. The van der Waals surface area contributed by atoms with E-state index in [0.29, 0.717) is 30.6 Å². The van der Waals surface area contributed by atoms with Crippen molar-refractivity contribution in [3.05, 3.63) is 83.8 Å². The van der Waals surface area contributed by atoms with Gasteiger partial charge in [-0.25, -0.2) is 4.98 Å². The summed E-state index contributed by atoms with van der Waals surface area (Å²) < 4.78 is 1.68. The van der Waals surface area contributed by atoms with Crippen molar-refractivity contribution in [2.24, 2.45) is 7.05 Å². The SMILES string of the molecule is Cc1c(N)cccc1-c1ccc(C(=O)N2CC[C@@H](NC(=O)c3cc(-c4cnn(C)c4)cnc3N)C2)cc1. The van der Waals surface area contributed by atoms with Gasteiger partial charge in [0.05, 0.1) is 11.8 Å². The Kier molecular flexibility index (Phi) is 6.35. The highest BCUT2D eigenvalue weighted by Gasteiger charge is 2.29. The smallest absolute Gasteiger partial charge is 0.255 e. The molecule has 0 spiro atoms. The number of nitrogens with two attached hydrogens (primary N) is 2. The molecule has 9 nitrogen and oxygen atoms in total. The second-order valence-corrected chi connectivity index (χ2v) is 9.37. The van der Waals surface area contributed by atoms with Crippen molar-refractivity contribution in [2.45, 2.75) is 19.4 Å². The standard InChI is InChI=1S/C28H29N7O2/c1-17-23(4-3-5-25(17)29)18-6-8-19(9-7-18)28(37)35-11-10-22(16-35)33-27(36)24-12-20(13-31-26(24)30)21-14-32-34(2)15-21/h3-9,12-15,22H,10-11,16,29H2,1-2H3,(H2,30,31)(H,33,36)/t22-/m1/s1. The molecule has 2 amide bonds. The van der Waals surface area contributed by atoms with Crippen LogP contribution < -0.4 is 16.8 Å². The number of nitrogens with one attached hydrogen (secondary N) is 1. The molecule has 0 radical (unpaired) electrons. The normalized spacial score (nSPS) is 15.1. The summed E-state index contributed by atoms with van der Waals surface area (Å²) in [6, 6.07) is 14.9. The van der Waals surface area contributed by atoms with E-state index in [1.165, 1.54) is 0 Å². The first-order valence-corrected chi connectivity index (χ1v) is 12.1. The van der Waals surface area contributed by atoms with Crippen molar-refractivity contribution < 1.29 is 9.59 Å². The number of rotatable bonds is 5. The molecular weight excluding hydrogens is 466 g/mol. The van der Waals surface area contributed by atoms with Gasteiger partial charge >= 0.3 is 0 Å². The Morgan fingerprint density at radius 3 is 2.54 bits per heavy atom. The Morgan fingerprint density at radius 1 is 1.03 bits per heavy atom. The van der Waals surface area contributed by atoms with Crippen molar-refractivity contribution in [1.29, 1.82) is 0 Å². The van der Waals surface area contributed by atoms with Gasteiger partial charge in [-0.3, -0.25) is 14.3 Å². The molecule has 37 heavy (non-hydrogen) atoms. The third-order valence-corrected chi connectivity index (χ3v) is 6.83. The van der Waals surface area contributed by atoms with Crippen molar-refractivity contribution in [1.82, 2.24) is 25.0 Å². The Balaban J connectivity index is 1.24. The number of likely N-dealkylation sites (tertiary alicyclic amines) is 1. The third kappa shape index (κ3) is 4.88. The number of nitrogen functional groups attached to an aromatic ring is 2. The lowest BCUT2D eigenvalue weighted by Crippen LogP contribution is -2.38. The summed E-state index contributed by atoms with van der Waals surface area (Å²) in [7, 11) is 1.82. The minimum absolute atomic E-state index is 0.0626. The molecule has 0 bridgehead atoms. The van der Waals surface area contributed by atoms with Crippen LogP contribution in [0.5, 0.6) is 0 Å². The summed E-state index contributed by atoms with van der Waals surface area (Å²) in [6.45, 7) is 2.97. The Bertz CT molecular complexity index is 1480. The van der Waals surface area contributed by atoms with Crippen LogP contribution in [0.25, 0.3) is 22.3 Å². The number of hydrogen-bond donors (Lipinski definition) is 3. The van der Waals surface area contributed by atoms with Crippen LogP contribution in [0, 0.1) is 6.92 Å². The maximum absolute atomic E-state index is 13.1. The van der Waals surface area contributed by atoms with Crippen molar-refractivity contribution in [3.8, 4) is 22.3 Å². The number of amides is 2. The molecule has 2 aromatic carbocycles. The number of carbonyl (C=O) groups excluding carboxylic acids is 2. The second-order valence-electron chi connectivity index (χ2n) is 9.37. The number of pyridine rings is 1. The van der Waals surface area contributed by atoms with E-state index in [-0.39, 0.29) is 23.7 Å². The Morgan fingerprint density at radius 2 is 1.81 bits per heavy atom. The van der Waals surface area contributed by atoms with Gasteiger partial charge in [0.15, 0.2) is 0 Å². The van der Waals surface area contributed by atoms with Gasteiger partial charge in [0.1, 0.15) is 5.82 Å². The highest BCUT2D eigenvalue weighted by Crippen LogP contribution is 2.28. The van der Waals surface area contributed by atoms with Gasteiger partial charge in [0.25, 0.3) is 11.8 Å². The van der Waals surface area contributed by atoms with Crippen LogP contribution in [-0.4, -0.2) is 50.6 Å². The molecule has 0 saturated carbocycles. The molecular formula is C28H29N7O2. The number of anilines is 2. The van der Waals surface area contributed by atoms with E-state index in [4.69, 9.17) is 11.5 Å². The zero-order valence-corrected chi connectivity index (χ0v) is 20.8. The molecule has 0 unspecified atom stereocenters. The predicted octanol–water partition coefficient (Wildman–Crippen LogP) is 3.27. The summed E-state index contributed by atoms with van der Waals surface area (Å²) in [6.07, 6.45) is 5.84. The largest absolute Gasteiger partial charge is 0.398 e. The molecule has 4 aromatic rings. The average Bonchev–Trinajstić information content (AvgIpc) is 3.55. The van der Waals surface area contributed by atoms with Gasteiger partial charge in [0, 0.05) is 61.0 Å². The van der Waals surface area contributed by atoms with Crippen molar-refractivity contribution >= 4 is 23.3 Å². The molecule has 5 rings (SSSR count). The molecule has 2 aromatic heterocycles. The number of aryl methyl sites for hydroxylation is 1. The lowest BCUT2D eigenvalue weighted by Gasteiger charge is -2.18. The van der Waals surface area contributed by atoms with Gasteiger partial charge in [0.2, 0.25) is 0 Å². The fraction of sp³-hybridized carbons (Fsp3) is 0.214. The third-order valence-electron chi connectivity index (χ3n) is 6.83. The van der Waals surface area contributed by atoms with Crippen LogP contribution in [0.2, 0.25) is 0 Å². The lowest BCUT2D eigenvalue weighted by atomic mass is 9.98. The molecule has 1 saturated heterocycles. The molecule has 1 aliphatic heterocycles. The highest BCUT2D eigenvalue weighted by atomic mass is 16.2. The zero-order chi connectivity index (χ0) is 26.1. The highest BCUT2D eigenvalue weighted by molar-refractivity contribution is 6.00. The first-order chi connectivity index (χ1) is 17.8. The Labute approximate surface area is 215 Å². The summed E-state index contributed by atoms with van der Waals surface area (Å²) in [5.74, 6) is -0.212. The Hall–Kier alpha value is -4.66. The van der Waals surface area contributed by atoms with E-state index in [9.17, 15) is 9.59 Å². The van der Waals surface area contributed by atoms with Gasteiger partial charge in [-0.1, -0.05) is 24.3 Å². The van der Waals surface area contributed by atoms with Gasteiger partial charge < -0.3 is 21.7 Å². The first kappa shape index (κ1) is 24.1. The molecule has 5 N–H and O–H groups in total. The number of benzene rings is 2. The van der Waals surface area contributed by atoms with E-state index >= 15 is 0 Å². The van der Waals surface area contributed by atoms with Gasteiger partial charge in [-0.05, 0) is 54.3 Å². The molecule has 3 heterocycles. The van der Waals surface area contributed by atoms with E-state index in [1.54, 1.807) is 28.0 Å². The van der Waals surface area contributed by atoms with Gasteiger partial charge in [-0.15, -0.1) is 0 Å². The van der Waals surface area contributed by atoms with Gasteiger partial charge in [-0.2, -0.15) is 5.10 Å². The number of carbonyl (C=O) groups is 2. The molecule has 1 atom stereocenters. The number of hydrogen-bond acceptors (Lipinski definition) is 6. The van der Waals surface area contributed by atoms with E-state index < -0.39 is 0 Å². The zero-order valence-electron chi connectivity index (χ0n) is 20.8. The second kappa shape index (κ2) is 9.77. The minimum Gasteiger partial charge on any atom is -0.398 e. The molecule has 188 valence electrons. The summed E-state index contributed by atoms with van der Waals surface area (Å²) >= 11 is 0. The molecule has 9 heteroatoms. The van der Waals surface area contributed by atoms with Crippen LogP contribution in [0.15, 0.2) is 67.1 Å². The average molecular weight is 496 g/mol. The summed E-state index contributed by atoms with van der Waals surface area (Å²) in [5, 5.41) is 7.18. The first-order valence-electron chi connectivity index (χ1n) is 12.1. The minimum atomic E-state index is -0.308. The van der Waals surface area contributed by atoms with Crippen LogP contribution in [0.3, 0.4) is 0 Å². The van der Waals surface area contributed by atoms with E-state index in [2.05, 4.69) is 15.4 Å². The maximum Gasteiger partial charge on any atom is 0.255 e.